The minimum Gasteiger partial charge on any atom is -0.313 e. The SMILES string of the molecule is CC/C(=C\C=C/Cc1cccc2c1c1ccccc1n2-c1ccccc1)n1c2ccccc2c2cc(-c3ccc(-c4nc(-c5ccccc5)nc(-c5ccccc5)n4)cc3)ccc21. The minimum atomic E-state index is 0.647. The van der Waals surface area contributed by atoms with Crippen LogP contribution in [0.4, 0.5) is 0 Å². The molecule has 3 heterocycles. The van der Waals surface area contributed by atoms with Crippen LogP contribution in [0.2, 0.25) is 0 Å². The number of allylic oxidation sites excluding steroid dienone is 4. The Hall–Kier alpha value is -8.15. The molecule has 5 nitrogen and oxygen atoms in total. The fourth-order valence-corrected chi connectivity index (χ4v) is 9.05. The summed E-state index contributed by atoms with van der Waals surface area (Å²) in [6, 6.07) is 70.5. The monoisotopic (exact) mass is 809 g/mol. The van der Waals surface area contributed by atoms with Gasteiger partial charge in [0.05, 0.1) is 22.1 Å². The zero-order valence-electron chi connectivity index (χ0n) is 34.9. The van der Waals surface area contributed by atoms with Crippen LogP contribution in [0.25, 0.3) is 100 Å². The molecule has 11 rings (SSSR count). The Balaban J connectivity index is 0.912. The number of para-hydroxylation sites is 3. The van der Waals surface area contributed by atoms with Gasteiger partial charge in [0.15, 0.2) is 17.5 Å². The van der Waals surface area contributed by atoms with Crippen molar-refractivity contribution in [3.8, 4) is 51.0 Å². The number of aromatic nitrogens is 5. The number of hydrogen-bond acceptors (Lipinski definition) is 3. The van der Waals surface area contributed by atoms with Crippen molar-refractivity contribution < 1.29 is 0 Å². The fourth-order valence-electron chi connectivity index (χ4n) is 9.05. The topological polar surface area (TPSA) is 48.5 Å². The van der Waals surface area contributed by atoms with Crippen LogP contribution in [0, 0.1) is 0 Å². The Morgan fingerprint density at radius 1 is 0.444 bits per heavy atom. The molecule has 0 spiro atoms. The number of nitrogens with zero attached hydrogens (tertiary/aromatic N) is 5. The van der Waals surface area contributed by atoms with Gasteiger partial charge >= 0.3 is 0 Å². The molecule has 0 unspecified atom stereocenters. The molecule has 0 bridgehead atoms. The van der Waals surface area contributed by atoms with E-state index < -0.39 is 0 Å². The van der Waals surface area contributed by atoms with Gasteiger partial charge in [-0.05, 0) is 78.1 Å². The highest BCUT2D eigenvalue weighted by atomic mass is 15.0. The van der Waals surface area contributed by atoms with Crippen LogP contribution in [0.3, 0.4) is 0 Å². The quantitative estimate of drug-likeness (QED) is 0.129. The van der Waals surface area contributed by atoms with E-state index in [1.807, 2.05) is 60.7 Å². The molecule has 0 saturated heterocycles. The Bertz CT molecular complexity index is 3430. The van der Waals surface area contributed by atoms with Crippen LogP contribution in [-0.2, 0) is 6.42 Å². The lowest BCUT2D eigenvalue weighted by Crippen LogP contribution is -2.00. The van der Waals surface area contributed by atoms with E-state index in [2.05, 4.69) is 174 Å². The molecule has 0 fully saturated rings. The molecule has 0 aliphatic carbocycles. The van der Waals surface area contributed by atoms with E-state index in [4.69, 9.17) is 15.0 Å². The van der Waals surface area contributed by atoms with Crippen molar-refractivity contribution in [2.45, 2.75) is 19.8 Å². The molecule has 0 N–H and O–H groups in total. The van der Waals surface area contributed by atoms with Gasteiger partial charge in [0.25, 0.3) is 0 Å². The zero-order chi connectivity index (χ0) is 42.1. The third kappa shape index (κ3) is 7.00. The zero-order valence-corrected chi connectivity index (χ0v) is 34.9. The highest BCUT2D eigenvalue weighted by Gasteiger charge is 2.17. The first-order valence-electron chi connectivity index (χ1n) is 21.7. The van der Waals surface area contributed by atoms with Crippen molar-refractivity contribution in [2.24, 2.45) is 0 Å². The predicted molar refractivity (Wildman–Crippen MR) is 263 cm³/mol. The number of hydrogen-bond donors (Lipinski definition) is 0. The summed E-state index contributed by atoms with van der Waals surface area (Å²) in [5, 5.41) is 5.06. The Labute approximate surface area is 366 Å². The third-order valence-electron chi connectivity index (χ3n) is 12.1. The summed E-state index contributed by atoms with van der Waals surface area (Å²) in [5.41, 5.74) is 13.7. The van der Waals surface area contributed by atoms with Gasteiger partial charge in [0.1, 0.15) is 0 Å². The van der Waals surface area contributed by atoms with E-state index in [1.54, 1.807) is 0 Å². The van der Waals surface area contributed by atoms with Crippen molar-refractivity contribution in [2.75, 3.05) is 0 Å². The van der Waals surface area contributed by atoms with Crippen molar-refractivity contribution in [1.29, 1.82) is 0 Å². The van der Waals surface area contributed by atoms with Gasteiger partial charge in [0.2, 0.25) is 0 Å². The molecule has 3 aromatic heterocycles. The molecule has 0 radical (unpaired) electrons. The summed E-state index contributed by atoms with van der Waals surface area (Å²) in [7, 11) is 0. The fraction of sp³-hybridized carbons (Fsp3) is 0.0517. The first kappa shape index (κ1) is 37.8. The van der Waals surface area contributed by atoms with Crippen molar-refractivity contribution in [3.05, 3.63) is 224 Å². The smallest absolute Gasteiger partial charge is 0.164 e. The van der Waals surface area contributed by atoms with Crippen LogP contribution in [0.1, 0.15) is 18.9 Å². The molecular formula is C58H43N5. The summed E-state index contributed by atoms with van der Waals surface area (Å²) in [5.74, 6) is 1.96. The summed E-state index contributed by atoms with van der Waals surface area (Å²) >= 11 is 0. The van der Waals surface area contributed by atoms with Gasteiger partial charge in [-0.3, -0.25) is 0 Å². The lowest BCUT2D eigenvalue weighted by atomic mass is 10.0. The summed E-state index contributed by atoms with van der Waals surface area (Å²) in [6.45, 7) is 2.24. The van der Waals surface area contributed by atoms with Crippen LogP contribution in [-0.4, -0.2) is 24.1 Å². The average Bonchev–Trinajstić information content (AvgIpc) is 3.88. The molecule has 8 aromatic carbocycles. The summed E-state index contributed by atoms with van der Waals surface area (Å²) in [6.07, 6.45) is 8.55. The predicted octanol–water partition coefficient (Wildman–Crippen LogP) is 14.8. The first-order valence-corrected chi connectivity index (χ1v) is 21.7. The standard InChI is InChI=1S/C58H43N5/c1-2-46(25-13-12-19-41-24-18-32-54-55(41)49-29-15-17-31-52(49)63(54)47-26-10-5-11-27-47)62-51-30-16-14-28-48(51)50-39-45(37-38-53(50)62)40-33-35-44(36-34-40)58-60-56(42-20-6-3-7-21-42)59-57(61-58)43-22-8-4-9-23-43/h3-18,20-39H,2,19H2,1H3/b13-12-,46-25+. The van der Waals surface area contributed by atoms with E-state index in [0.717, 1.165) is 40.7 Å². The van der Waals surface area contributed by atoms with Gasteiger partial charge in [-0.25, -0.2) is 15.0 Å². The van der Waals surface area contributed by atoms with Crippen molar-refractivity contribution >= 4 is 49.3 Å². The first-order chi connectivity index (χ1) is 31.2. The van der Waals surface area contributed by atoms with E-state index in [-0.39, 0.29) is 0 Å². The van der Waals surface area contributed by atoms with Crippen LogP contribution in [0.15, 0.2) is 218 Å². The van der Waals surface area contributed by atoms with E-state index in [0.29, 0.717) is 17.5 Å². The maximum absolute atomic E-state index is 4.94. The summed E-state index contributed by atoms with van der Waals surface area (Å²) in [4.78, 5) is 14.8. The largest absolute Gasteiger partial charge is 0.313 e. The number of rotatable bonds is 10. The molecule has 5 heteroatoms. The maximum atomic E-state index is 4.94. The lowest BCUT2D eigenvalue weighted by molar-refractivity contribution is 1.07. The van der Waals surface area contributed by atoms with Crippen LogP contribution >= 0.6 is 0 Å². The second-order valence-electron chi connectivity index (χ2n) is 15.8. The molecule has 63 heavy (non-hydrogen) atoms. The Morgan fingerprint density at radius 2 is 0.968 bits per heavy atom. The minimum absolute atomic E-state index is 0.647. The van der Waals surface area contributed by atoms with E-state index in [1.165, 1.54) is 60.6 Å². The molecule has 0 amide bonds. The van der Waals surface area contributed by atoms with Crippen molar-refractivity contribution in [3.63, 3.8) is 0 Å². The second-order valence-corrected chi connectivity index (χ2v) is 15.8. The second kappa shape index (κ2) is 16.4. The molecule has 0 aliphatic heterocycles. The molecular weight excluding hydrogens is 767 g/mol. The maximum Gasteiger partial charge on any atom is 0.164 e. The van der Waals surface area contributed by atoms with E-state index in [9.17, 15) is 0 Å². The highest BCUT2D eigenvalue weighted by Crippen LogP contribution is 2.37. The molecule has 0 atom stereocenters. The highest BCUT2D eigenvalue weighted by molar-refractivity contribution is 6.12. The number of fused-ring (bicyclic) bond motifs is 6. The van der Waals surface area contributed by atoms with Crippen LogP contribution in [0.5, 0.6) is 0 Å². The number of benzene rings is 8. The lowest BCUT2D eigenvalue weighted by Gasteiger charge is -2.11. The van der Waals surface area contributed by atoms with Gasteiger partial charge in [-0.2, -0.15) is 0 Å². The van der Waals surface area contributed by atoms with Gasteiger partial charge < -0.3 is 9.13 Å². The Kier molecular flexibility index (Phi) is 9.83. The van der Waals surface area contributed by atoms with Gasteiger partial charge in [-0.1, -0.05) is 177 Å². The van der Waals surface area contributed by atoms with Gasteiger partial charge in [-0.15, -0.1) is 0 Å². The Morgan fingerprint density at radius 3 is 1.63 bits per heavy atom. The van der Waals surface area contributed by atoms with Crippen LogP contribution < -0.4 is 0 Å². The van der Waals surface area contributed by atoms with Crippen molar-refractivity contribution in [1.82, 2.24) is 24.1 Å². The third-order valence-corrected chi connectivity index (χ3v) is 12.1. The van der Waals surface area contributed by atoms with Gasteiger partial charge in [0, 0.05) is 49.6 Å². The molecule has 300 valence electrons. The average molecular weight is 810 g/mol. The summed E-state index contributed by atoms with van der Waals surface area (Å²) < 4.78 is 4.82. The molecule has 11 aromatic rings. The van der Waals surface area contributed by atoms with E-state index >= 15 is 0 Å². The molecule has 0 aliphatic rings. The normalized spacial score (nSPS) is 12.0. The molecule has 0 saturated carbocycles.